The molecule has 0 bridgehead atoms. The summed E-state index contributed by atoms with van der Waals surface area (Å²) < 4.78 is 0. The molecule has 0 heterocycles. The van der Waals surface area contributed by atoms with Gasteiger partial charge in [-0.15, -0.1) is 6.58 Å². The maximum atomic E-state index is 10.9. The molecule has 0 saturated carbocycles. The van der Waals surface area contributed by atoms with Gasteiger partial charge < -0.3 is 4.90 Å². The van der Waals surface area contributed by atoms with E-state index in [0.29, 0.717) is 5.75 Å². The first-order valence-corrected chi connectivity index (χ1v) is 4.31. The lowest BCUT2D eigenvalue weighted by Gasteiger charge is -2.14. The Labute approximate surface area is 73.7 Å². The molecule has 11 heavy (non-hydrogen) atoms. The predicted octanol–water partition coefficient (Wildman–Crippen LogP) is 1.34. The Morgan fingerprint density at radius 1 is 1.73 bits per heavy atom. The zero-order chi connectivity index (χ0) is 8.69. The topological polar surface area (TPSA) is 20.3 Å². The van der Waals surface area contributed by atoms with E-state index in [4.69, 9.17) is 0 Å². The number of amides is 1. The van der Waals surface area contributed by atoms with Crippen LogP contribution in [0.5, 0.6) is 0 Å². The van der Waals surface area contributed by atoms with E-state index >= 15 is 0 Å². The molecule has 2 nitrogen and oxygen atoms in total. The molecular formula is C8H15NOS. The molecule has 0 fully saturated rings. The normalized spacial score (nSPS) is 9.27. The van der Waals surface area contributed by atoms with Crippen LogP contribution in [0.2, 0.25) is 0 Å². The highest BCUT2D eigenvalue weighted by Crippen LogP contribution is 1.94. The van der Waals surface area contributed by atoms with Crippen molar-refractivity contribution in [1.29, 1.82) is 0 Å². The van der Waals surface area contributed by atoms with E-state index in [0.717, 1.165) is 19.4 Å². The van der Waals surface area contributed by atoms with Gasteiger partial charge in [-0.1, -0.05) is 6.08 Å². The first-order valence-electron chi connectivity index (χ1n) is 3.68. The Morgan fingerprint density at radius 3 is 2.82 bits per heavy atom. The van der Waals surface area contributed by atoms with E-state index in [-0.39, 0.29) is 5.91 Å². The fraction of sp³-hybridized carbons (Fsp3) is 0.625. The van der Waals surface area contributed by atoms with E-state index in [1.165, 1.54) is 0 Å². The van der Waals surface area contributed by atoms with Gasteiger partial charge in [0.2, 0.25) is 5.91 Å². The monoisotopic (exact) mass is 173 g/mol. The third-order valence-electron chi connectivity index (χ3n) is 1.46. The molecule has 0 N–H and O–H groups in total. The summed E-state index contributed by atoms with van der Waals surface area (Å²) in [6.45, 7) is 4.40. The van der Waals surface area contributed by atoms with Crippen molar-refractivity contribution in [3.8, 4) is 0 Å². The maximum Gasteiger partial charge on any atom is 0.232 e. The molecular weight excluding hydrogens is 158 g/mol. The van der Waals surface area contributed by atoms with Gasteiger partial charge in [-0.25, -0.2) is 0 Å². The van der Waals surface area contributed by atoms with Crippen molar-refractivity contribution in [1.82, 2.24) is 4.90 Å². The fourth-order valence-electron chi connectivity index (χ4n) is 0.718. The predicted molar refractivity (Wildman–Crippen MR) is 50.9 cm³/mol. The first kappa shape index (κ1) is 10.6. The summed E-state index contributed by atoms with van der Waals surface area (Å²) in [5, 5.41) is 0. The van der Waals surface area contributed by atoms with Gasteiger partial charge in [0.15, 0.2) is 0 Å². The third kappa shape index (κ3) is 4.90. The third-order valence-corrected chi connectivity index (χ3v) is 1.73. The Balaban J connectivity index is 3.43. The van der Waals surface area contributed by atoms with Gasteiger partial charge in [-0.3, -0.25) is 4.79 Å². The number of nitrogens with zero attached hydrogens (tertiary/aromatic N) is 1. The minimum atomic E-state index is 0.0809. The summed E-state index contributed by atoms with van der Waals surface area (Å²) in [6, 6.07) is 0. The quantitative estimate of drug-likeness (QED) is 0.378. The van der Waals surface area contributed by atoms with Crippen LogP contribution in [-0.2, 0) is 4.79 Å². The van der Waals surface area contributed by atoms with Crippen molar-refractivity contribution in [3.63, 3.8) is 0 Å². The molecule has 0 unspecified atom stereocenters. The minimum Gasteiger partial charge on any atom is -0.345 e. The maximum absolute atomic E-state index is 10.9. The molecule has 0 saturated heterocycles. The highest BCUT2D eigenvalue weighted by molar-refractivity contribution is 7.81. The highest BCUT2D eigenvalue weighted by Gasteiger charge is 2.03. The molecule has 0 atom stereocenters. The Bertz CT molecular complexity index is 136. The number of allylic oxidation sites excluding steroid dienone is 1. The van der Waals surface area contributed by atoms with Crippen molar-refractivity contribution in [2.45, 2.75) is 12.8 Å². The van der Waals surface area contributed by atoms with Crippen LogP contribution in [-0.4, -0.2) is 30.2 Å². The number of thiol groups is 1. The van der Waals surface area contributed by atoms with Gasteiger partial charge in [0.1, 0.15) is 0 Å². The molecule has 0 aliphatic rings. The average Bonchev–Trinajstić information content (AvgIpc) is 2.03. The number of carbonyl (C=O) groups is 1. The lowest BCUT2D eigenvalue weighted by molar-refractivity contribution is -0.127. The summed E-state index contributed by atoms with van der Waals surface area (Å²) in [7, 11) is 1.79. The summed E-state index contributed by atoms with van der Waals surface area (Å²) in [4.78, 5) is 12.6. The van der Waals surface area contributed by atoms with E-state index in [1.54, 1.807) is 11.9 Å². The van der Waals surface area contributed by atoms with Crippen molar-refractivity contribution in [3.05, 3.63) is 12.7 Å². The van der Waals surface area contributed by atoms with Gasteiger partial charge in [0, 0.05) is 13.6 Å². The fourth-order valence-corrected chi connectivity index (χ4v) is 0.960. The van der Waals surface area contributed by atoms with Crippen molar-refractivity contribution in [2.75, 3.05) is 19.3 Å². The van der Waals surface area contributed by atoms with Crippen LogP contribution >= 0.6 is 12.6 Å². The molecule has 0 radical (unpaired) electrons. The zero-order valence-electron chi connectivity index (χ0n) is 6.92. The minimum absolute atomic E-state index is 0.0809. The SMILES string of the molecule is C=CCCCN(C)C(=O)CS. The van der Waals surface area contributed by atoms with Gasteiger partial charge in [-0.2, -0.15) is 12.6 Å². The smallest absolute Gasteiger partial charge is 0.232 e. The Kier molecular flexibility index (Phi) is 6.03. The highest BCUT2D eigenvalue weighted by atomic mass is 32.1. The number of unbranched alkanes of at least 4 members (excludes halogenated alkanes) is 1. The first-order chi connectivity index (χ1) is 5.22. The molecule has 64 valence electrons. The van der Waals surface area contributed by atoms with Crippen LogP contribution in [0.15, 0.2) is 12.7 Å². The standard InChI is InChI=1S/C8H15NOS/c1-3-4-5-6-9(2)8(10)7-11/h3,11H,1,4-7H2,2H3. The van der Waals surface area contributed by atoms with Gasteiger partial charge >= 0.3 is 0 Å². The van der Waals surface area contributed by atoms with Crippen LogP contribution in [0.25, 0.3) is 0 Å². The zero-order valence-corrected chi connectivity index (χ0v) is 7.81. The number of hydrogen-bond donors (Lipinski definition) is 1. The largest absolute Gasteiger partial charge is 0.345 e. The molecule has 0 rings (SSSR count). The van der Waals surface area contributed by atoms with Crippen LogP contribution in [0.1, 0.15) is 12.8 Å². The lowest BCUT2D eigenvalue weighted by atomic mass is 10.3. The van der Waals surface area contributed by atoms with Crippen molar-refractivity contribution in [2.24, 2.45) is 0 Å². The summed E-state index contributed by atoms with van der Waals surface area (Å²) in [5.41, 5.74) is 0. The second-order valence-electron chi connectivity index (χ2n) is 2.40. The van der Waals surface area contributed by atoms with Gasteiger partial charge in [-0.05, 0) is 12.8 Å². The number of hydrogen-bond acceptors (Lipinski definition) is 2. The summed E-state index contributed by atoms with van der Waals surface area (Å²) >= 11 is 3.89. The second kappa shape index (κ2) is 6.28. The molecule has 0 spiro atoms. The van der Waals surface area contributed by atoms with Gasteiger partial charge in [0.25, 0.3) is 0 Å². The van der Waals surface area contributed by atoms with Gasteiger partial charge in [0.05, 0.1) is 5.75 Å². The van der Waals surface area contributed by atoms with Crippen LogP contribution < -0.4 is 0 Å². The Morgan fingerprint density at radius 2 is 2.36 bits per heavy atom. The molecule has 0 aromatic rings. The van der Waals surface area contributed by atoms with Crippen molar-refractivity contribution >= 4 is 18.5 Å². The molecule has 0 aliphatic carbocycles. The molecule has 3 heteroatoms. The molecule has 0 aromatic heterocycles. The molecule has 0 aliphatic heterocycles. The Hall–Kier alpha value is -0.440. The van der Waals surface area contributed by atoms with Crippen LogP contribution in [0.4, 0.5) is 0 Å². The van der Waals surface area contributed by atoms with Crippen LogP contribution in [0.3, 0.4) is 0 Å². The number of rotatable bonds is 5. The van der Waals surface area contributed by atoms with Crippen LogP contribution in [0, 0.1) is 0 Å². The van der Waals surface area contributed by atoms with E-state index in [2.05, 4.69) is 19.2 Å². The van der Waals surface area contributed by atoms with Crippen molar-refractivity contribution < 1.29 is 4.79 Å². The molecule has 0 aromatic carbocycles. The number of carbonyl (C=O) groups excluding carboxylic acids is 1. The average molecular weight is 173 g/mol. The molecule has 1 amide bonds. The summed E-state index contributed by atoms with van der Waals surface area (Å²) in [6.07, 6.45) is 3.81. The van der Waals surface area contributed by atoms with E-state index < -0.39 is 0 Å². The lowest BCUT2D eigenvalue weighted by Crippen LogP contribution is -2.28. The summed E-state index contributed by atoms with van der Waals surface area (Å²) in [5.74, 6) is 0.377. The van der Waals surface area contributed by atoms with E-state index in [1.807, 2.05) is 6.08 Å². The second-order valence-corrected chi connectivity index (χ2v) is 2.72. The van der Waals surface area contributed by atoms with E-state index in [9.17, 15) is 4.79 Å².